The number of amides is 1. The monoisotopic (exact) mass is 328 g/mol. The maximum absolute atomic E-state index is 12.7. The maximum Gasteiger partial charge on any atom is 0.253 e. The second-order valence-corrected chi connectivity index (χ2v) is 6.56. The van der Waals surface area contributed by atoms with E-state index in [2.05, 4.69) is 5.10 Å². The van der Waals surface area contributed by atoms with Gasteiger partial charge in [-0.25, -0.2) is 0 Å². The van der Waals surface area contributed by atoms with Gasteiger partial charge in [0.15, 0.2) is 0 Å². The fourth-order valence-electron chi connectivity index (χ4n) is 3.13. The van der Waals surface area contributed by atoms with Crippen LogP contribution >= 0.6 is 0 Å². The van der Waals surface area contributed by atoms with E-state index in [0.29, 0.717) is 31.6 Å². The summed E-state index contributed by atoms with van der Waals surface area (Å²) in [5.41, 5.74) is 9.55. The van der Waals surface area contributed by atoms with Gasteiger partial charge in [0.25, 0.3) is 5.91 Å². The first-order valence-corrected chi connectivity index (χ1v) is 8.27. The molecule has 2 aromatic rings. The Balaban J connectivity index is 1.75. The fraction of sp³-hybridized carbons (Fsp3) is 0.444. The zero-order valence-electron chi connectivity index (χ0n) is 14.1. The number of carbonyl (C=O) groups is 1. The minimum absolute atomic E-state index is 0.0591. The Bertz CT molecular complexity index is 740. The number of nitrogens with zero attached hydrogens (tertiary/aromatic N) is 3. The van der Waals surface area contributed by atoms with Crippen LogP contribution in [0, 0.1) is 13.8 Å². The van der Waals surface area contributed by atoms with Gasteiger partial charge in [-0.1, -0.05) is 12.1 Å². The lowest BCUT2D eigenvalue weighted by Crippen LogP contribution is -2.52. The molecule has 0 saturated carbocycles. The van der Waals surface area contributed by atoms with Crippen molar-refractivity contribution in [1.82, 2.24) is 14.7 Å². The lowest BCUT2D eigenvalue weighted by molar-refractivity contribution is 0.0395. The Hall–Kier alpha value is -2.18. The van der Waals surface area contributed by atoms with Gasteiger partial charge in [-0.3, -0.25) is 9.48 Å². The molecule has 1 fully saturated rings. The molecule has 1 saturated heterocycles. The van der Waals surface area contributed by atoms with Crippen LogP contribution in [0.25, 0.3) is 0 Å². The van der Waals surface area contributed by atoms with E-state index in [9.17, 15) is 9.90 Å². The molecule has 1 aromatic heterocycles. The summed E-state index contributed by atoms with van der Waals surface area (Å²) in [4.78, 5) is 14.4. The van der Waals surface area contributed by atoms with Crippen molar-refractivity contribution in [3.8, 4) is 0 Å². The summed E-state index contributed by atoms with van der Waals surface area (Å²) < 4.78 is 1.93. The van der Waals surface area contributed by atoms with Crippen molar-refractivity contribution in [2.45, 2.75) is 39.0 Å². The van der Waals surface area contributed by atoms with Gasteiger partial charge in [0.2, 0.25) is 0 Å². The molecule has 1 aliphatic heterocycles. The summed E-state index contributed by atoms with van der Waals surface area (Å²) in [5, 5.41) is 14.4. The number of aliphatic hydroxyl groups is 1. The van der Waals surface area contributed by atoms with E-state index >= 15 is 0 Å². The van der Waals surface area contributed by atoms with Crippen molar-refractivity contribution in [1.29, 1.82) is 0 Å². The van der Waals surface area contributed by atoms with Gasteiger partial charge in [-0.2, -0.15) is 5.10 Å². The number of carbonyl (C=O) groups excluding carboxylic acids is 1. The molecule has 0 aliphatic carbocycles. The molecule has 0 spiro atoms. The summed E-state index contributed by atoms with van der Waals surface area (Å²) in [6.07, 6.45) is -0.0289. The molecular weight excluding hydrogens is 304 g/mol. The van der Waals surface area contributed by atoms with Crippen LogP contribution in [0.1, 0.15) is 33.7 Å². The quantitative estimate of drug-likeness (QED) is 0.883. The number of hydrogen-bond acceptors (Lipinski definition) is 4. The molecule has 1 aliphatic rings. The molecule has 2 heterocycles. The van der Waals surface area contributed by atoms with Gasteiger partial charge in [0.1, 0.15) is 0 Å². The predicted octanol–water partition coefficient (Wildman–Crippen LogP) is 1.08. The average Bonchev–Trinajstić information content (AvgIpc) is 2.87. The normalized spacial score (nSPS) is 21.1. The van der Waals surface area contributed by atoms with Crippen molar-refractivity contribution in [3.63, 3.8) is 0 Å². The number of rotatable bonds is 3. The first kappa shape index (κ1) is 16.7. The van der Waals surface area contributed by atoms with E-state index in [-0.39, 0.29) is 11.9 Å². The molecule has 0 radical (unpaired) electrons. The molecule has 6 heteroatoms. The Labute approximate surface area is 141 Å². The van der Waals surface area contributed by atoms with Crippen LogP contribution in [0.5, 0.6) is 0 Å². The molecule has 6 nitrogen and oxygen atoms in total. The smallest absolute Gasteiger partial charge is 0.253 e. The van der Waals surface area contributed by atoms with Crippen LogP contribution in [0.4, 0.5) is 0 Å². The minimum Gasteiger partial charge on any atom is -0.390 e. The number of aliphatic hydroxyl groups excluding tert-OH is 1. The lowest BCUT2D eigenvalue weighted by atomic mass is 10.0. The Kier molecular flexibility index (Phi) is 4.69. The highest BCUT2D eigenvalue weighted by Gasteiger charge is 2.28. The topological polar surface area (TPSA) is 84.4 Å². The van der Waals surface area contributed by atoms with E-state index in [0.717, 1.165) is 17.0 Å². The van der Waals surface area contributed by atoms with Crippen molar-refractivity contribution in [2.75, 3.05) is 13.1 Å². The SMILES string of the molecule is Cc1cc(C)n(Cc2cccc(C(=O)N3CC[C@@H](N)[C@H](O)C3)c2)n1. The standard InChI is InChI=1S/C18H24N4O2/c1-12-8-13(2)22(20-12)10-14-4-3-5-15(9-14)18(24)21-7-6-16(19)17(23)11-21/h3-5,8-9,16-17,23H,6-7,10-11,19H2,1-2H3/t16-,17-/m1/s1. The van der Waals surface area contributed by atoms with Crippen molar-refractivity contribution in [3.05, 3.63) is 52.8 Å². The number of β-amino-alcohol motifs (C(OH)–C–C–N with tert-alkyl or cyclic N) is 1. The molecule has 1 aromatic carbocycles. The van der Waals surface area contributed by atoms with Gasteiger partial charge in [0.05, 0.1) is 18.3 Å². The second kappa shape index (κ2) is 6.75. The fourth-order valence-corrected chi connectivity index (χ4v) is 3.13. The number of nitrogens with two attached hydrogens (primary N) is 1. The van der Waals surface area contributed by atoms with E-state index in [1.54, 1.807) is 4.90 Å². The Morgan fingerprint density at radius 3 is 2.83 bits per heavy atom. The number of hydrogen-bond donors (Lipinski definition) is 2. The zero-order valence-corrected chi connectivity index (χ0v) is 14.1. The summed E-state index contributed by atoms with van der Waals surface area (Å²) >= 11 is 0. The number of aryl methyl sites for hydroxylation is 2. The first-order valence-electron chi connectivity index (χ1n) is 8.27. The average molecular weight is 328 g/mol. The lowest BCUT2D eigenvalue weighted by Gasteiger charge is -2.34. The summed E-state index contributed by atoms with van der Waals surface area (Å²) in [6.45, 7) is 5.50. The van der Waals surface area contributed by atoms with Gasteiger partial charge in [-0.05, 0) is 44.0 Å². The van der Waals surface area contributed by atoms with E-state index in [4.69, 9.17) is 5.73 Å². The first-order chi connectivity index (χ1) is 11.4. The predicted molar refractivity (Wildman–Crippen MR) is 91.7 cm³/mol. The highest BCUT2D eigenvalue weighted by Crippen LogP contribution is 2.15. The Morgan fingerprint density at radius 2 is 2.17 bits per heavy atom. The van der Waals surface area contributed by atoms with Gasteiger partial charge < -0.3 is 15.7 Å². The van der Waals surface area contributed by atoms with Crippen LogP contribution in [-0.4, -0.2) is 50.9 Å². The van der Waals surface area contributed by atoms with Gasteiger partial charge in [-0.15, -0.1) is 0 Å². The highest BCUT2D eigenvalue weighted by molar-refractivity contribution is 5.94. The molecule has 0 unspecified atom stereocenters. The van der Waals surface area contributed by atoms with E-state index in [1.807, 2.05) is 48.9 Å². The third-order valence-electron chi connectivity index (χ3n) is 4.53. The van der Waals surface area contributed by atoms with E-state index in [1.165, 1.54) is 0 Å². The van der Waals surface area contributed by atoms with Crippen LogP contribution in [0.15, 0.2) is 30.3 Å². The molecule has 3 N–H and O–H groups in total. The van der Waals surface area contributed by atoms with Crippen LogP contribution < -0.4 is 5.73 Å². The van der Waals surface area contributed by atoms with Gasteiger partial charge in [0, 0.05) is 30.4 Å². The molecule has 2 atom stereocenters. The number of piperidine rings is 1. The van der Waals surface area contributed by atoms with Crippen LogP contribution in [0.3, 0.4) is 0 Å². The zero-order chi connectivity index (χ0) is 17.3. The molecule has 128 valence electrons. The highest BCUT2D eigenvalue weighted by atomic mass is 16.3. The number of likely N-dealkylation sites (tertiary alicyclic amines) is 1. The Morgan fingerprint density at radius 1 is 1.38 bits per heavy atom. The molecule has 0 bridgehead atoms. The van der Waals surface area contributed by atoms with E-state index < -0.39 is 6.10 Å². The largest absolute Gasteiger partial charge is 0.390 e. The van der Waals surface area contributed by atoms with Crippen molar-refractivity contribution in [2.24, 2.45) is 5.73 Å². The van der Waals surface area contributed by atoms with Crippen molar-refractivity contribution < 1.29 is 9.90 Å². The van der Waals surface area contributed by atoms with Crippen LogP contribution in [0.2, 0.25) is 0 Å². The molecular formula is C18H24N4O2. The summed E-state index contributed by atoms with van der Waals surface area (Å²) in [5.74, 6) is -0.0591. The molecule has 3 rings (SSSR count). The number of aromatic nitrogens is 2. The minimum atomic E-state index is -0.652. The summed E-state index contributed by atoms with van der Waals surface area (Å²) in [7, 11) is 0. The van der Waals surface area contributed by atoms with Crippen LogP contribution in [-0.2, 0) is 6.54 Å². The van der Waals surface area contributed by atoms with Gasteiger partial charge >= 0.3 is 0 Å². The van der Waals surface area contributed by atoms with Crippen molar-refractivity contribution >= 4 is 5.91 Å². The number of benzene rings is 1. The molecule has 24 heavy (non-hydrogen) atoms. The maximum atomic E-state index is 12.7. The summed E-state index contributed by atoms with van der Waals surface area (Å²) in [6, 6.07) is 9.39. The third-order valence-corrected chi connectivity index (χ3v) is 4.53. The molecule has 1 amide bonds. The third kappa shape index (κ3) is 3.49. The second-order valence-electron chi connectivity index (χ2n) is 6.56.